The summed E-state index contributed by atoms with van der Waals surface area (Å²) < 4.78 is 0. The lowest BCUT2D eigenvalue weighted by Gasteiger charge is -2.06. The number of carboxylic acids is 1. The topological polar surface area (TPSA) is 66.4 Å². The molecule has 0 heterocycles. The molecule has 0 fully saturated rings. The van der Waals surface area contributed by atoms with E-state index >= 15 is 0 Å². The highest BCUT2D eigenvalue weighted by Crippen LogP contribution is 2.10. The summed E-state index contributed by atoms with van der Waals surface area (Å²) in [4.78, 5) is 22.5. The van der Waals surface area contributed by atoms with Crippen LogP contribution in [0, 0.1) is 0 Å². The van der Waals surface area contributed by atoms with E-state index in [0.717, 1.165) is 11.1 Å². The molecule has 0 aromatic heterocycles. The lowest BCUT2D eigenvalue weighted by molar-refractivity contribution is -0.136. The average molecular weight is 318 g/mol. The van der Waals surface area contributed by atoms with Crippen LogP contribution in [-0.4, -0.2) is 17.0 Å². The molecule has 4 nitrogen and oxygen atoms in total. The van der Waals surface area contributed by atoms with Crippen molar-refractivity contribution in [1.29, 1.82) is 0 Å². The number of carbonyl (C=O) groups excluding carboxylic acids is 1. The minimum atomic E-state index is -0.829. The Kier molecular flexibility index (Phi) is 5.55. The van der Waals surface area contributed by atoms with E-state index in [4.69, 9.17) is 16.7 Å². The third-order valence-electron chi connectivity index (χ3n) is 3.21. The number of rotatable bonds is 6. The van der Waals surface area contributed by atoms with E-state index < -0.39 is 5.97 Å². The van der Waals surface area contributed by atoms with E-state index in [0.29, 0.717) is 23.6 Å². The monoisotopic (exact) mass is 317 g/mol. The van der Waals surface area contributed by atoms with Gasteiger partial charge >= 0.3 is 5.97 Å². The molecule has 0 unspecified atom stereocenters. The zero-order chi connectivity index (χ0) is 15.9. The Bertz CT molecular complexity index is 651. The van der Waals surface area contributed by atoms with E-state index in [1.807, 2.05) is 12.1 Å². The average Bonchev–Trinajstić information content (AvgIpc) is 2.52. The van der Waals surface area contributed by atoms with Gasteiger partial charge in [-0.15, -0.1) is 0 Å². The van der Waals surface area contributed by atoms with Crippen molar-refractivity contribution in [3.05, 3.63) is 70.2 Å². The maximum atomic E-state index is 12.0. The number of halogens is 1. The minimum absolute atomic E-state index is 0.0854. The summed E-state index contributed by atoms with van der Waals surface area (Å²) in [5.41, 5.74) is 2.42. The number of carbonyl (C=O) groups is 2. The van der Waals surface area contributed by atoms with Gasteiger partial charge in [-0.1, -0.05) is 35.9 Å². The molecular weight excluding hydrogens is 302 g/mol. The van der Waals surface area contributed by atoms with Crippen LogP contribution in [0.4, 0.5) is 0 Å². The standard InChI is InChI=1S/C17H16ClNO3/c18-15-8-3-13(4-9-15)11-19-17(22)14-6-1-12(2-7-14)5-10-16(20)21/h1-4,6-9H,5,10-11H2,(H,19,22)(H,20,21). The van der Waals surface area contributed by atoms with E-state index in [1.165, 1.54) is 0 Å². The summed E-state index contributed by atoms with van der Waals surface area (Å²) in [6, 6.07) is 14.2. The number of aliphatic carboxylic acids is 1. The van der Waals surface area contributed by atoms with Crippen LogP contribution in [0.5, 0.6) is 0 Å². The number of aryl methyl sites for hydroxylation is 1. The van der Waals surface area contributed by atoms with Crippen LogP contribution in [0.25, 0.3) is 0 Å². The van der Waals surface area contributed by atoms with Crippen LogP contribution in [0.2, 0.25) is 5.02 Å². The second-order valence-corrected chi connectivity index (χ2v) is 5.34. The van der Waals surface area contributed by atoms with E-state index in [9.17, 15) is 9.59 Å². The molecule has 22 heavy (non-hydrogen) atoms. The number of carboxylic acid groups (broad SMARTS) is 1. The molecule has 0 spiro atoms. The summed E-state index contributed by atoms with van der Waals surface area (Å²) in [7, 11) is 0. The second kappa shape index (κ2) is 7.61. The normalized spacial score (nSPS) is 10.2. The molecule has 0 aliphatic carbocycles. The van der Waals surface area contributed by atoms with Crippen LogP contribution in [0.3, 0.4) is 0 Å². The van der Waals surface area contributed by atoms with Crippen molar-refractivity contribution in [1.82, 2.24) is 5.32 Å². The molecule has 0 saturated heterocycles. The SMILES string of the molecule is O=C(O)CCc1ccc(C(=O)NCc2ccc(Cl)cc2)cc1. The van der Waals surface area contributed by atoms with Crippen LogP contribution in [-0.2, 0) is 17.8 Å². The van der Waals surface area contributed by atoms with Gasteiger partial charge in [-0.3, -0.25) is 9.59 Å². The van der Waals surface area contributed by atoms with Gasteiger partial charge in [-0.2, -0.15) is 0 Å². The van der Waals surface area contributed by atoms with E-state index in [1.54, 1.807) is 36.4 Å². The summed E-state index contributed by atoms with van der Waals surface area (Å²) >= 11 is 5.81. The van der Waals surface area contributed by atoms with E-state index in [2.05, 4.69) is 5.32 Å². The maximum Gasteiger partial charge on any atom is 0.303 e. The summed E-state index contributed by atoms with van der Waals surface area (Å²) in [5.74, 6) is -0.996. The Labute approximate surface area is 133 Å². The molecule has 0 radical (unpaired) electrons. The van der Waals surface area contributed by atoms with Crippen LogP contribution in [0.1, 0.15) is 27.9 Å². The molecule has 0 saturated carbocycles. The van der Waals surface area contributed by atoms with Crippen molar-refractivity contribution < 1.29 is 14.7 Å². The Morgan fingerprint density at radius 3 is 2.14 bits per heavy atom. The molecule has 2 N–H and O–H groups in total. The molecule has 2 aromatic carbocycles. The number of amides is 1. The lowest BCUT2D eigenvalue weighted by atomic mass is 10.1. The predicted molar refractivity (Wildman–Crippen MR) is 85.0 cm³/mol. The van der Waals surface area contributed by atoms with Gasteiger partial charge < -0.3 is 10.4 Å². The first kappa shape index (κ1) is 16.0. The Morgan fingerprint density at radius 1 is 0.955 bits per heavy atom. The fourth-order valence-corrected chi connectivity index (χ4v) is 2.09. The van der Waals surface area contributed by atoms with Gasteiger partial charge in [0.2, 0.25) is 0 Å². The highest BCUT2D eigenvalue weighted by molar-refractivity contribution is 6.30. The molecule has 0 aliphatic heterocycles. The number of hydrogen-bond acceptors (Lipinski definition) is 2. The highest BCUT2D eigenvalue weighted by Gasteiger charge is 2.06. The molecule has 1 amide bonds. The van der Waals surface area contributed by atoms with Gasteiger partial charge in [-0.05, 0) is 41.8 Å². The summed E-state index contributed by atoms with van der Waals surface area (Å²) in [6.07, 6.45) is 0.546. The highest BCUT2D eigenvalue weighted by atomic mass is 35.5. The predicted octanol–water partition coefficient (Wildman–Crippen LogP) is 3.29. The van der Waals surface area contributed by atoms with Crippen molar-refractivity contribution in [3.63, 3.8) is 0 Å². The molecule has 114 valence electrons. The van der Waals surface area contributed by atoms with Crippen molar-refractivity contribution in [2.24, 2.45) is 0 Å². The van der Waals surface area contributed by atoms with Gasteiger partial charge in [0.25, 0.3) is 5.91 Å². The fraction of sp³-hybridized carbons (Fsp3) is 0.176. The third-order valence-corrected chi connectivity index (χ3v) is 3.46. The van der Waals surface area contributed by atoms with Crippen LogP contribution >= 0.6 is 11.6 Å². The summed E-state index contributed by atoms with van der Waals surface area (Å²) in [5, 5.41) is 12.1. The molecule has 0 aliphatic rings. The van der Waals surface area contributed by atoms with Gasteiger partial charge in [-0.25, -0.2) is 0 Å². The van der Waals surface area contributed by atoms with Gasteiger partial charge in [0.1, 0.15) is 0 Å². The minimum Gasteiger partial charge on any atom is -0.481 e. The first-order valence-electron chi connectivity index (χ1n) is 6.88. The lowest BCUT2D eigenvalue weighted by Crippen LogP contribution is -2.22. The third kappa shape index (κ3) is 4.90. The van der Waals surface area contributed by atoms with Gasteiger partial charge in [0.15, 0.2) is 0 Å². The quantitative estimate of drug-likeness (QED) is 0.859. The smallest absolute Gasteiger partial charge is 0.303 e. The Balaban J connectivity index is 1.89. The summed E-state index contributed by atoms with van der Waals surface area (Å²) in [6.45, 7) is 0.427. The van der Waals surface area contributed by atoms with Gasteiger partial charge in [0.05, 0.1) is 0 Å². The number of nitrogens with one attached hydrogen (secondary N) is 1. The Hall–Kier alpha value is -2.33. The van der Waals surface area contributed by atoms with Crippen LogP contribution < -0.4 is 5.32 Å². The van der Waals surface area contributed by atoms with Crippen molar-refractivity contribution in [3.8, 4) is 0 Å². The first-order valence-corrected chi connectivity index (χ1v) is 7.26. The largest absolute Gasteiger partial charge is 0.481 e. The number of benzene rings is 2. The molecular formula is C17H16ClNO3. The van der Waals surface area contributed by atoms with Crippen molar-refractivity contribution in [2.75, 3.05) is 0 Å². The second-order valence-electron chi connectivity index (χ2n) is 4.90. The van der Waals surface area contributed by atoms with Crippen molar-refractivity contribution in [2.45, 2.75) is 19.4 Å². The fourth-order valence-electron chi connectivity index (χ4n) is 1.96. The maximum absolute atomic E-state index is 12.0. The Morgan fingerprint density at radius 2 is 1.55 bits per heavy atom. The van der Waals surface area contributed by atoms with E-state index in [-0.39, 0.29) is 12.3 Å². The van der Waals surface area contributed by atoms with Gasteiger partial charge in [0, 0.05) is 23.6 Å². The zero-order valence-electron chi connectivity index (χ0n) is 11.9. The zero-order valence-corrected chi connectivity index (χ0v) is 12.6. The first-order chi connectivity index (χ1) is 10.5. The van der Waals surface area contributed by atoms with Crippen LogP contribution in [0.15, 0.2) is 48.5 Å². The number of hydrogen-bond donors (Lipinski definition) is 2. The van der Waals surface area contributed by atoms with Crippen molar-refractivity contribution >= 4 is 23.5 Å². The molecule has 5 heteroatoms. The molecule has 0 bridgehead atoms. The molecule has 0 atom stereocenters. The molecule has 2 aromatic rings. The molecule has 2 rings (SSSR count).